The van der Waals surface area contributed by atoms with Gasteiger partial charge >= 0.3 is 0 Å². The fourth-order valence-electron chi connectivity index (χ4n) is 4.90. The van der Waals surface area contributed by atoms with Crippen molar-refractivity contribution >= 4 is 29.3 Å². The van der Waals surface area contributed by atoms with Gasteiger partial charge in [-0.1, -0.05) is 30.0 Å². The number of ether oxygens (including phenoxy) is 2. The number of nitrogens with one attached hydrogen (secondary N) is 1. The Balaban J connectivity index is 1.43. The first-order valence-corrected chi connectivity index (χ1v) is 13.9. The Kier molecular flexibility index (Phi) is 8.41. The number of allylic oxidation sites excluding steroid dienone is 2. The van der Waals surface area contributed by atoms with Gasteiger partial charge < -0.3 is 19.7 Å². The third-order valence-corrected chi connectivity index (χ3v) is 7.52. The van der Waals surface area contributed by atoms with Crippen LogP contribution in [0.25, 0.3) is 0 Å². The van der Waals surface area contributed by atoms with Crippen molar-refractivity contribution in [2.75, 3.05) is 17.9 Å². The molecule has 0 saturated carbocycles. The summed E-state index contributed by atoms with van der Waals surface area (Å²) in [6, 6.07) is 10.3. The summed E-state index contributed by atoms with van der Waals surface area (Å²) in [5, 5.41) is 3.58. The lowest BCUT2D eigenvalue weighted by molar-refractivity contribution is -0.139. The smallest absolute Gasteiger partial charge is 0.247 e. The van der Waals surface area contributed by atoms with Gasteiger partial charge in [0, 0.05) is 42.1 Å². The van der Waals surface area contributed by atoms with Gasteiger partial charge in [-0.3, -0.25) is 14.6 Å². The van der Waals surface area contributed by atoms with E-state index >= 15 is 0 Å². The minimum absolute atomic E-state index is 0.0351. The molecule has 5 rings (SSSR count). The summed E-state index contributed by atoms with van der Waals surface area (Å²) >= 11 is 1.28. The fourth-order valence-corrected chi connectivity index (χ4v) is 5.74. The molecule has 2 aromatic heterocycles. The van der Waals surface area contributed by atoms with Gasteiger partial charge in [-0.2, -0.15) is 0 Å². The molecule has 39 heavy (non-hydrogen) atoms. The van der Waals surface area contributed by atoms with Crippen LogP contribution in [0.2, 0.25) is 0 Å². The predicted octanol–water partition coefficient (Wildman–Crippen LogP) is 4.70. The van der Waals surface area contributed by atoms with Crippen molar-refractivity contribution in [1.29, 1.82) is 0 Å². The molecule has 2 aliphatic rings. The first-order chi connectivity index (χ1) is 19.0. The second kappa shape index (κ2) is 12.3. The lowest BCUT2D eigenvalue weighted by Crippen LogP contribution is -2.51. The second-order valence-corrected chi connectivity index (χ2v) is 10.6. The number of pyridine rings is 1. The van der Waals surface area contributed by atoms with Crippen LogP contribution in [-0.2, 0) is 16.1 Å². The van der Waals surface area contributed by atoms with E-state index in [4.69, 9.17) is 9.47 Å². The number of anilines is 1. The molecular weight excluding hydrogens is 514 g/mol. The minimum atomic E-state index is -0.686. The predicted molar refractivity (Wildman–Crippen MR) is 148 cm³/mol. The molecule has 1 aliphatic carbocycles. The van der Waals surface area contributed by atoms with E-state index in [9.17, 15) is 9.59 Å². The van der Waals surface area contributed by atoms with Crippen LogP contribution in [0.3, 0.4) is 0 Å². The van der Waals surface area contributed by atoms with E-state index in [1.807, 2.05) is 32.0 Å². The summed E-state index contributed by atoms with van der Waals surface area (Å²) in [5.41, 5.74) is 3.14. The number of benzene rings is 1. The fraction of sp³-hybridized carbons (Fsp3) is 0.345. The lowest BCUT2D eigenvalue weighted by atomic mass is 9.86. The molecule has 0 spiro atoms. The van der Waals surface area contributed by atoms with Crippen LogP contribution in [0.15, 0.2) is 66.1 Å². The number of amides is 2. The first-order valence-electron chi connectivity index (χ1n) is 13.0. The molecule has 0 saturated heterocycles. The number of carbonyl (C=O) groups is 2. The molecule has 3 aromatic rings. The van der Waals surface area contributed by atoms with Gasteiger partial charge in [0.1, 0.15) is 6.04 Å². The molecule has 1 N–H and O–H groups in total. The number of hydrogen-bond acceptors (Lipinski definition) is 8. The number of fused-ring (bicyclic) bond motifs is 1. The standard InChI is InChI=1S/C29H31N5O4S/c1-19-13-20(2)32-29(31-19)39-17-26(35)34(16-21-7-6-12-30-15-21)27(22-8-4-3-5-9-22)28(36)33-23-10-11-24-25(14-23)38-18-37-24/h3-4,6-7,10-15,22,27H,5,8-9,16-18H2,1-2H3,(H,33,36)/t22-,27+/m0/s1. The number of hydrogen-bond donors (Lipinski definition) is 1. The molecule has 9 nitrogen and oxygen atoms in total. The van der Waals surface area contributed by atoms with Gasteiger partial charge in [0.15, 0.2) is 16.7 Å². The highest BCUT2D eigenvalue weighted by Crippen LogP contribution is 2.35. The maximum Gasteiger partial charge on any atom is 0.247 e. The Morgan fingerprint density at radius 3 is 2.67 bits per heavy atom. The third kappa shape index (κ3) is 6.75. The molecular formula is C29H31N5O4S. The zero-order valence-corrected chi connectivity index (χ0v) is 22.8. The van der Waals surface area contributed by atoms with E-state index < -0.39 is 6.04 Å². The number of nitrogens with zero attached hydrogens (tertiary/aromatic N) is 4. The zero-order valence-electron chi connectivity index (χ0n) is 22.0. The Morgan fingerprint density at radius 2 is 1.92 bits per heavy atom. The van der Waals surface area contributed by atoms with E-state index in [2.05, 4.69) is 32.4 Å². The van der Waals surface area contributed by atoms with Crippen molar-refractivity contribution in [2.24, 2.45) is 5.92 Å². The van der Waals surface area contributed by atoms with Crippen molar-refractivity contribution < 1.29 is 19.1 Å². The maximum absolute atomic E-state index is 14.0. The molecule has 1 aromatic carbocycles. The van der Waals surface area contributed by atoms with E-state index in [-0.39, 0.29) is 36.8 Å². The molecule has 202 valence electrons. The van der Waals surface area contributed by atoms with Gasteiger partial charge in [0.2, 0.25) is 18.6 Å². The molecule has 2 amide bonds. The number of aryl methyl sites for hydroxylation is 2. The lowest BCUT2D eigenvalue weighted by Gasteiger charge is -2.37. The van der Waals surface area contributed by atoms with Crippen LogP contribution >= 0.6 is 11.8 Å². The van der Waals surface area contributed by atoms with E-state index in [0.717, 1.165) is 29.8 Å². The van der Waals surface area contributed by atoms with Crippen LogP contribution in [-0.4, -0.2) is 50.3 Å². The highest BCUT2D eigenvalue weighted by molar-refractivity contribution is 7.99. The van der Waals surface area contributed by atoms with E-state index in [0.29, 0.717) is 28.8 Å². The van der Waals surface area contributed by atoms with Crippen molar-refractivity contribution in [1.82, 2.24) is 19.9 Å². The summed E-state index contributed by atoms with van der Waals surface area (Å²) < 4.78 is 10.9. The van der Waals surface area contributed by atoms with Crippen LogP contribution in [0.4, 0.5) is 5.69 Å². The Morgan fingerprint density at radius 1 is 1.10 bits per heavy atom. The zero-order chi connectivity index (χ0) is 27.2. The average molecular weight is 546 g/mol. The summed E-state index contributed by atoms with van der Waals surface area (Å²) in [6.07, 6.45) is 10.0. The van der Waals surface area contributed by atoms with Gasteiger partial charge in [-0.15, -0.1) is 0 Å². The molecule has 3 heterocycles. The summed E-state index contributed by atoms with van der Waals surface area (Å²) in [6.45, 7) is 4.23. The number of thioether (sulfide) groups is 1. The van der Waals surface area contributed by atoms with Crippen molar-refractivity contribution in [3.05, 3.63) is 77.9 Å². The van der Waals surface area contributed by atoms with E-state index in [1.165, 1.54) is 11.8 Å². The number of carbonyl (C=O) groups excluding carboxylic acids is 2. The Bertz CT molecular complexity index is 1350. The summed E-state index contributed by atoms with van der Waals surface area (Å²) in [4.78, 5) is 42.7. The van der Waals surface area contributed by atoms with Crippen molar-refractivity contribution in [3.63, 3.8) is 0 Å². The van der Waals surface area contributed by atoms with Crippen LogP contribution < -0.4 is 14.8 Å². The van der Waals surface area contributed by atoms with Crippen molar-refractivity contribution in [2.45, 2.75) is 50.9 Å². The topological polar surface area (TPSA) is 107 Å². The van der Waals surface area contributed by atoms with Gasteiger partial charge in [0.25, 0.3) is 0 Å². The van der Waals surface area contributed by atoms with Gasteiger partial charge in [-0.25, -0.2) is 9.97 Å². The largest absolute Gasteiger partial charge is 0.454 e. The molecule has 2 atom stereocenters. The molecule has 0 unspecified atom stereocenters. The quantitative estimate of drug-likeness (QED) is 0.234. The van der Waals surface area contributed by atoms with Gasteiger partial charge in [0.05, 0.1) is 5.75 Å². The third-order valence-electron chi connectivity index (χ3n) is 6.68. The first kappa shape index (κ1) is 26.7. The SMILES string of the molecule is Cc1cc(C)nc(SCC(=O)N(Cc2cccnc2)[C@@H](C(=O)Nc2ccc3c(c2)OCO3)[C@H]2CC=CCC2)n1. The second-order valence-electron chi connectivity index (χ2n) is 9.65. The molecule has 0 fully saturated rings. The molecule has 10 heteroatoms. The van der Waals surface area contributed by atoms with Gasteiger partial charge in [-0.05, 0) is 68.9 Å². The molecule has 0 bridgehead atoms. The molecule has 0 radical (unpaired) electrons. The van der Waals surface area contributed by atoms with Crippen LogP contribution in [0.5, 0.6) is 11.5 Å². The summed E-state index contributed by atoms with van der Waals surface area (Å²) in [5.74, 6) is 0.900. The minimum Gasteiger partial charge on any atom is -0.454 e. The monoisotopic (exact) mass is 545 g/mol. The summed E-state index contributed by atoms with van der Waals surface area (Å²) in [7, 11) is 0. The van der Waals surface area contributed by atoms with E-state index in [1.54, 1.807) is 35.5 Å². The highest BCUT2D eigenvalue weighted by atomic mass is 32.2. The Hall–Kier alpha value is -3.92. The maximum atomic E-state index is 14.0. The van der Waals surface area contributed by atoms with Crippen molar-refractivity contribution in [3.8, 4) is 11.5 Å². The van der Waals surface area contributed by atoms with Crippen LogP contribution in [0, 0.1) is 19.8 Å². The average Bonchev–Trinajstić information content (AvgIpc) is 3.40. The molecule has 1 aliphatic heterocycles. The number of aromatic nitrogens is 3. The normalized spacial score (nSPS) is 16.5. The number of rotatable bonds is 9. The van der Waals surface area contributed by atoms with Crippen LogP contribution in [0.1, 0.15) is 36.2 Å². The Labute approximate surface area is 232 Å². The highest BCUT2D eigenvalue weighted by Gasteiger charge is 2.37.